The minimum absolute atomic E-state index is 0.530. The maximum Gasteiger partial charge on any atom is 0.0964 e. The van der Waals surface area contributed by atoms with E-state index in [4.69, 9.17) is 4.98 Å². The topological polar surface area (TPSA) is 24.9 Å². The first kappa shape index (κ1) is 11.2. The summed E-state index contributed by atoms with van der Waals surface area (Å²) in [6.07, 6.45) is 1.24. The molecule has 1 atom stereocenters. The maximum atomic E-state index is 4.85. The second kappa shape index (κ2) is 4.39. The molecule has 3 rings (SSSR count). The molecule has 0 radical (unpaired) electrons. The predicted octanol–water partition coefficient (Wildman–Crippen LogP) is 3.50. The van der Waals surface area contributed by atoms with Crippen molar-refractivity contribution in [3.05, 3.63) is 28.8 Å². The molecule has 1 aromatic heterocycles. The van der Waals surface area contributed by atoms with Crippen molar-refractivity contribution >= 4 is 21.6 Å². The van der Waals surface area contributed by atoms with Crippen molar-refractivity contribution in [2.75, 3.05) is 13.1 Å². The summed E-state index contributed by atoms with van der Waals surface area (Å²) in [5.41, 5.74) is 2.69. The quantitative estimate of drug-likeness (QED) is 0.877. The van der Waals surface area contributed by atoms with Crippen molar-refractivity contribution in [1.29, 1.82) is 0 Å². The highest BCUT2D eigenvalue weighted by Crippen LogP contribution is 2.34. The molecule has 1 aromatic carbocycles. The zero-order chi connectivity index (χ0) is 11.8. The van der Waals surface area contributed by atoms with E-state index in [1.807, 2.05) is 11.3 Å². The highest BCUT2D eigenvalue weighted by molar-refractivity contribution is 7.18. The molecule has 0 spiro atoms. The van der Waals surface area contributed by atoms with Gasteiger partial charge < -0.3 is 5.32 Å². The largest absolute Gasteiger partial charge is 0.316 e. The smallest absolute Gasteiger partial charge is 0.0964 e. The Morgan fingerprint density at radius 3 is 3.00 bits per heavy atom. The summed E-state index contributed by atoms with van der Waals surface area (Å²) in [6, 6.07) is 6.63. The van der Waals surface area contributed by atoms with E-state index in [-0.39, 0.29) is 0 Å². The number of thiazole rings is 1. The lowest BCUT2D eigenvalue weighted by molar-refractivity contribution is 0.767. The standard InChI is InChI=1S/C14H18N2S/c1-9(2)14-16-13-11(10-6-7-15-8-10)4-3-5-12(13)17-14/h3-5,9-10,15H,6-8H2,1-2H3. The number of nitrogens with one attached hydrogen (secondary N) is 1. The van der Waals surface area contributed by atoms with E-state index in [0.29, 0.717) is 11.8 Å². The predicted molar refractivity (Wildman–Crippen MR) is 73.9 cm³/mol. The second-order valence-corrected chi connectivity index (χ2v) is 6.15. The van der Waals surface area contributed by atoms with Crippen LogP contribution in [0.2, 0.25) is 0 Å². The van der Waals surface area contributed by atoms with E-state index in [1.54, 1.807) is 0 Å². The van der Waals surface area contributed by atoms with Gasteiger partial charge in [-0.25, -0.2) is 4.98 Å². The van der Waals surface area contributed by atoms with Gasteiger partial charge in [-0.3, -0.25) is 0 Å². The van der Waals surface area contributed by atoms with Crippen LogP contribution in [0.15, 0.2) is 18.2 Å². The van der Waals surface area contributed by atoms with Crippen LogP contribution >= 0.6 is 11.3 Å². The summed E-state index contributed by atoms with van der Waals surface area (Å²) in [5, 5.41) is 4.70. The van der Waals surface area contributed by atoms with Crippen molar-refractivity contribution in [3.63, 3.8) is 0 Å². The van der Waals surface area contributed by atoms with Crippen LogP contribution in [0.5, 0.6) is 0 Å². The third kappa shape index (κ3) is 1.98. The molecule has 1 fully saturated rings. The molecule has 90 valence electrons. The van der Waals surface area contributed by atoms with E-state index >= 15 is 0 Å². The molecule has 0 amide bonds. The van der Waals surface area contributed by atoms with E-state index in [1.165, 1.54) is 27.2 Å². The van der Waals surface area contributed by atoms with E-state index in [9.17, 15) is 0 Å². The van der Waals surface area contributed by atoms with Crippen LogP contribution in [0.4, 0.5) is 0 Å². The molecular formula is C14H18N2S. The van der Waals surface area contributed by atoms with Gasteiger partial charge in [-0.2, -0.15) is 0 Å². The van der Waals surface area contributed by atoms with Crippen molar-refractivity contribution < 1.29 is 0 Å². The highest BCUT2D eigenvalue weighted by atomic mass is 32.1. The Hall–Kier alpha value is -0.930. The molecule has 1 aliphatic heterocycles. The first-order chi connectivity index (χ1) is 8.25. The van der Waals surface area contributed by atoms with Gasteiger partial charge in [-0.05, 0) is 30.5 Å². The van der Waals surface area contributed by atoms with E-state index < -0.39 is 0 Å². The van der Waals surface area contributed by atoms with Crippen LogP contribution in [0, 0.1) is 0 Å². The van der Waals surface area contributed by atoms with Crippen molar-refractivity contribution in [2.24, 2.45) is 0 Å². The summed E-state index contributed by atoms with van der Waals surface area (Å²) in [6.45, 7) is 6.68. The average Bonchev–Trinajstić information content (AvgIpc) is 2.97. The zero-order valence-corrected chi connectivity index (χ0v) is 11.2. The molecular weight excluding hydrogens is 228 g/mol. The monoisotopic (exact) mass is 246 g/mol. The maximum absolute atomic E-state index is 4.85. The Morgan fingerprint density at radius 1 is 1.41 bits per heavy atom. The number of benzene rings is 1. The summed E-state index contributed by atoms with van der Waals surface area (Å²) >= 11 is 1.85. The zero-order valence-electron chi connectivity index (χ0n) is 10.4. The molecule has 1 aliphatic rings. The molecule has 1 saturated heterocycles. The molecule has 2 nitrogen and oxygen atoms in total. The fourth-order valence-electron chi connectivity index (χ4n) is 2.48. The van der Waals surface area contributed by atoms with Crippen molar-refractivity contribution in [1.82, 2.24) is 10.3 Å². The number of para-hydroxylation sites is 1. The van der Waals surface area contributed by atoms with Gasteiger partial charge in [0.2, 0.25) is 0 Å². The van der Waals surface area contributed by atoms with Crippen molar-refractivity contribution in [2.45, 2.75) is 32.1 Å². The molecule has 1 unspecified atom stereocenters. The van der Waals surface area contributed by atoms with Crippen LogP contribution < -0.4 is 5.32 Å². The molecule has 0 saturated carbocycles. The number of hydrogen-bond acceptors (Lipinski definition) is 3. The molecule has 2 aromatic rings. The Morgan fingerprint density at radius 2 is 2.29 bits per heavy atom. The lowest BCUT2D eigenvalue weighted by Crippen LogP contribution is -2.08. The third-order valence-electron chi connectivity index (χ3n) is 3.46. The lowest BCUT2D eigenvalue weighted by atomic mass is 9.97. The fourth-order valence-corrected chi connectivity index (χ4v) is 3.49. The molecule has 0 bridgehead atoms. The molecule has 17 heavy (non-hydrogen) atoms. The minimum atomic E-state index is 0.530. The Kier molecular flexibility index (Phi) is 2.89. The number of fused-ring (bicyclic) bond motifs is 1. The summed E-state index contributed by atoms with van der Waals surface area (Å²) in [7, 11) is 0. The number of nitrogens with zero attached hydrogens (tertiary/aromatic N) is 1. The average molecular weight is 246 g/mol. The van der Waals surface area contributed by atoms with E-state index in [2.05, 4.69) is 37.4 Å². The van der Waals surface area contributed by atoms with Crippen LogP contribution in [0.3, 0.4) is 0 Å². The first-order valence-electron chi connectivity index (χ1n) is 6.36. The van der Waals surface area contributed by atoms with E-state index in [0.717, 1.165) is 13.1 Å². The Balaban J connectivity index is 2.11. The van der Waals surface area contributed by atoms with Gasteiger partial charge in [-0.15, -0.1) is 11.3 Å². The lowest BCUT2D eigenvalue weighted by Gasteiger charge is -2.08. The van der Waals surface area contributed by atoms with Crippen LogP contribution in [-0.2, 0) is 0 Å². The second-order valence-electron chi connectivity index (χ2n) is 5.09. The first-order valence-corrected chi connectivity index (χ1v) is 7.17. The number of aromatic nitrogens is 1. The Bertz CT molecular complexity index is 524. The van der Waals surface area contributed by atoms with Gasteiger partial charge >= 0.3 is 0 Å². The van der Waals surface area contributed by atoms with Gasteiger partial charge in [0.1, 0.15) is 0 Å². The van der Waals surface area contributed by atoms with Crippen LogP contribution in [0.1, 0.15) is 42.7 Å². The third-order valence-corrected chi connectivity index (χ3v) is 4.78. The van der Waals surface area contributed by atoms with Gasteiger partial charge in [0, 0.05) is 12.5 Å². The van der Waals surface area contributed by atoms with Gasteiger partial charge in [-0.1, -0.05) is 26.0 Å². The molecule has 0 aliphatic carbocycles. The normalized spacial score (nSPS) is 20.5. The Labute approximate surface area is 106 Å². The molecule has 3 heteroatoms. The molecule has 1 N–H and O–H groups in total. The summed E-state index contributed by atoms with van der Waals surface area (Å²) in [4.78, 5) is 4.85. The number of rotatable bonds is 2. The van der Waals surface area contributed by atoms with Gasteiger partial charge in [0.05, 0.1) is 15.2 Å². The summed E-state index contributed by atoms with van der Waals surface area (Å²) in [5.74, 6) is 1.18. The fraction of sp³-hybridized carbons (Fsp3) is 0.500. The number of hydrogen-bond donors (Lipinski definition) is 1. The molecule has 2 heterocycles. The van der Waals surface area contributed by atoms with Crippen LogP contribution in [-0.4, -0.2) is 18.1 Å². The highest BCUT2D eigenvalue weighted by Gasteiger charge is 2.20. The SMILES string of the molecule is CC(C)c1nc2c(C3CCNC3)cccc2s1. The summed E-state index contributed by atoms with van der Waals surface area (Å²) < 4.78 is 1.35. The van der Waals surface area contributed by atoms with Crippen LogP contribution in [0.25, 0.3) is 10.2 Å². The van der Waals surface area contributed by atoms with Gasteiger partial charge in [0.25, 0.3) is 0 Å². The minimum Gasteiger partial charge on any atom is -0.316 e. The van der Waals surface area contributed by atoms with Crippen molar-refractivity contribution in [3.8, 4) is 0 Å². The van der Waals surface area contributed by atoms with Gasteiger partial charge in [0.15, 0.2) is 0 Å².